The molecule has 142 valence electrons. The van der Waals surface area contributed by atoms with Crippen LogP contribution in [0.4, 0.5) is 5.88 Å². The molecule has 4 rings (SSSR count). The van der Waals surface area contributed by atoms with Crippen molar-refractivity contribution in [2.45, 2.75) is 26.4 Å². The largest absolute Gasteiger partial charge is 0.338 e. The van der Waals surface area contributed by atoms with Crippen molar-refractivity contribution < 1.29 is 9.32 Å². The Kier molecular flexibility index (Phi) is 4.91. The molecular formula is C19H24N6O2. The van der Waals surface area contributed by atoms with E-state index in [1.54, 1.807) is 6.07 Å². The van der Waals surface area contributed by atoms with Crippen LogP contribution in [0.15, 0.2) is 41.2 Å². The monoisotopic (exact) mass is 368 g/mol. The molecule has 0 bridgehead atoms. The van der Waals surface area contributed by atoms with Gasteiger partial charge in [-0.05, 0) is 26.0 Å². The second-order valence-corrected chi connectivity index (χ2v) is 7.01. The number of hydrogen-bond acceptors (Lipinski definition) is 6. The molecule has 0 aliphatic carbocycles. The minimum Gasteiger partial charge on any atom is -0.338 e. The van der Waals surface area contributed by atoms with Crippen LogP contribution < -0.4 is 5.32 Å². The van der Waals surface area contributed by atoms with Crippen molar-refractivity contribution in [3.8, 4) is 0 Å². The molecule has 1 aliphatic rings. The van der Waals surface area contributed by atoms with Crippen molar-refractivity contribution in [1.82, 2.24) is 24.3 Å². The number of pyridine rings is 1. The number of fused-ring (bicyclic) bond motifs is 1. The molecule has 3 aromatic rings. The summed E-state index contributed by atoms with van der Waals surface area (Å²) in [4.78, 5) is 21.7. The number of anilines is 1. The number of imidazole rings is 1. The molecule has 8 nitrogen and oxygen atoms in total. The maximum Gasteiger partial charge on any atom is 0.243 e. The number of rotatable bonds is 5. The van der Waals surface area contributed by atoms with E-state index in [-0.39, 0.29) is 11.9 Å². The standard InChI is InChI=1S/C19H24N6O2/c1-14-11-18(27-22-14)21-19(26)15(2)24-9-7-23(8-10-24)12-16-13-25-6-4-3-5-17(25)20-16/h3-6,11,13,15H,7-10,12H2,1-2H3,(H,21,26). The number of amides is 1. The van der Waals surface area contributed by atoms with E-state index < -0.39 is 0 Å². The number of carbonyl (C=O) groups excluding carboxylic acids is 1. The Morgan fingerprint density at radius 3 is 2.81 bits per heavy atom. The van der Waals surface area contributed by atoms with Gasteiger partial charge in [0, 0.05) is 51.2 Å². The number of aryl methyl sites for hydroxylation is 1. The van der Waals surface area contributed by atoms with Gasteiger partial charge < -0.3 is 8.92 Å². The third-order valence-corrected chi connectivity index (χ3v) is 5.01. The molecular weight excluding hydrogens is 344 g/mol. The SMILES string of the molecule is Cc1cc(NC(=O)C(C)N2CCN(Cc3cn4ccccc4n3)CC2)on1. The van der Waals surface area contributed by atoms with Gasteiger partial charge in [-0.15, -0.1) is 0 Å². The predicted octanol–water partition coefficient (Wildman–Crippen LogP) is 1.78. The lowest BCUT2D eigenvalue weighted by molar-refractivity contribution is -0.121. The van der Waals surface area contributed by atoms with Crippen LogP contribution in [0.5, 0.6) is 0 Å². The van der Waals surface area contributed by atoms with Crippen molar-refractivity contribution >= 4 is 17.4 Å². The highest BCUT2D eigenvalue weighted by molar-refractivity contribution is 5.93. The van der Waals surface area contributed by atoms with Crippen molar-refractivity contribution in [1.29, 1.82) is 0 Å². The molecule has 3 aromatic heterocycles. The van der Waals surface area contributed by atoms with Gasteiger partial charge in [0.05, 0.1) is 17.4 Å². The minimum atomic E-state index is -0.215. The van der Waals surface area contributed by atoms with E-state index in [0.717, 1.165) is 49.8 Å². The minimum absolute atomic E-state index is 0.0695. The van der Waals surface area contributed by atoms with Crippen LogP contribution in [-0.4, -0.2) is 62.5 Å². The van der Waals surface area contributed by atoms with Gasteiger partial charge >= 0.3 is 0 Å². The maximum absolute atomic E-state index is 12.4. The van der Waals surface area contributed by atoms with Gasteiger partial charge in [-0.25, -0.2) is 4.98 Å². The Morgan fingerprint density at radius 1 is 1.30 bits per heavy atom. The number of piperazine rings is 1. The molecule has 1 amide bonds. The topological polar surface area (TPSA) is 78.9 Å². The number of hydrogen-bond donors (Lipinski definition) is 1. The van der Waals surface area contributed by atoms with E-state index in [4.69, 9.17) is 4.52 Å². The summed E-state index contributed by atoms with van der Waals surface area (Å²) >= 11 is 0. The van der Waals surface area contributed by atoms with Crippen molar-refractivity contribution in [2.24, 2.45) is 0 Å². The van der Waals surface area contributed by atoms with Gasteiger partial charge in [0.2, 0.25) is 11.8 Å². The van der Waals surface area contributed by atoms with Crippen molar-refractivity contribution in [3.63, 3.8) is 0 Å². The first-order chi connectivity index (χ1) is 13.1. The number of aromatic nitrogens is 3. The van der Waals surface area contributed by atoms with Crippen molar-refractivity contribution in [2.75, 3.05) is 31.5 Å². The number of nitrogens with one attached hydrogen (secondary N) is 1. The lowest BCUT2D eigenvalue weighted by Gasteiger charge is -2.37. The van der Waals surface area contributed by atoms with Gasteiger partial charge in [0.1, 0.15) is 5.65 Å². The lowest BCUT2D eigenvalue weighted by atomic mass is 10.2. The first-order valence-corrected chi connectivity index (χ1v) is 9.22. The summed E-state index contributed by atoms with van der Waals surface area (Å²) < 4.78 is 7.11. The Bertz CT molecular complexity index is 892. The van der Waals surface area contributed by atoms with E-state index in [9.17, 15) is 4.79 Å². The van der Waals surface area contributed by atoms with Crippen LogP contribution in [0.25, 0.3) is 5.65 Å². The summed E-state index contributed by atoms with van der Waals surface area (Å²) in [7, 11) is 0. The third-order valence-electron chi connectivity index (χ3n) is 5.01. The van der Waals surface area contributed by atoms with E-state index >= 15 is 0 Å². The molecule has 8 heteroatoms. The van der Waals surface area contributed by atoms with Gasteiger partial charge in [-0.1, -0.05) is 11.2 Å². The number of carbonyl (C=O) groups is 1. The average Bonchev–Trinajstić information content (AvgIpc) is 3.26. The normalized spacial score (nSPS) is 17.3. The fourth-order valence-electron chi connectivity index (χ4n) is 3.42. The van der Waals surface area contributed by atoms with E-state index in [1.165, 1.54) is 0 Å². The van der Waals surface area contributed by atoms with E-state index in [1.807, 2.05) is 42.6 Å². The molecule has 1 N–H and O–H groups in total. The molecule has 1 aliphatic heterocycles. The predicted molar refractivity (Wildman–Crippen MR) is 101 cm³/mol. The number of nitrogens with zero attached hydrogens (tertiary/aromatic N) is 5. The van der Waals surface area contributed by atoms with Crippen LogP contribution in [0.2, 0.25) is 0 Å². The van der Waals surface area contributed by atoms with Gasteiger partial charge in [-0.3, -0.25) is 19.9 Å². The van der Waals surface area contributed by atoms with Crippen molar-refractivity contribution in [3.05, 3.63) is 48.0 Å². The van der Waals surface area contributed by atoms with Gasteiger partial charge in [0.25, 0.3) is 0 Å². The molecule has 1 atom stereocenters. The van der Waals surface area contributed by atoms with Gasteiger partial charge in [-0.2, -0.15) is 0 Å². The Morgan fingerprint density at radius 2 is 2.11 bits per heavy atom. The Labute approximate surface area is 157 Å². The van der Waals surface area contributed by atoms with E-state index in [0.29, 0.717) is 5.88 Å². The Balaban J connectivity index is 1.29. The zero-order valence-corrected chi connectivity index (χ0v) is 15.6. The highest BCUT2D eigenvalue weighted by atomic mass is 16.5. The fraction of sp³-hybridized carbons (Fsp3) is 0.421. The molecule has 1 saturated heterocycles. The average molecular weight is 368 g/mol. The van der Waals surface area contributed by atoms with E-state index in [2.05, 4.69) is 31.5 Å². The molecule has 1 unspecified atom stereocenters. The zero-order chi connectivity index (χ0) is 18.8. The fourth-order valence-corrected chi connectivity index (χ4v) is 3.42. The molecule has 0 aromatic carbocycles. The summed E-state index contributed by atoms with van der Waals surface area (Å²) in [5.74, 6) is 0.329. The Hall–Kier alpha value is -2.71. The second-order valence-electron chi connectivity index (χ2n) is 7.01. The van der Waals surface area contributed by atoms with Crippen LogP contribution in [0, 0.1) is 6.92 Å². The highest BCUT2D eigenvalue weighted by Gasteiger charge is 2.26. The molecule has 0 saturated carbocycles. The summed E-state index contributed by atoms with van der Waals surface area (Å²) in [6.07, 6.45) is 4.09. The van der Waals surface area contributed by atoms with Crippen LogP contribution in [0.3, 0.4) is 0 Å². The quantitative estimate of drug-likeness (QED) is 0.740. The highest BCUT2D eigenvalue weighted by Crippen LogP contribution is 2.14. The zero-order valence-electron chi connectivity index (χ0n) is 15.6. The summed E-state index contributed by atoms with van der Waals surface area (Å²) in [5.41, 5.74) is 2.79. The molecule has 0 spiro atoms. The summed E-state index contributed by atoms with van der Waals surface area (Å²) in [5, 5.41) is 6.58. The van der Waals surface area contributed by atoms with Crippen LogP contribution >= 0.6 is 0 Å². The summed E-state index contributed by atoms with van der Waals surface area (Å²) in [6, 6.07) is 7.52. The molecule has 1 fully saturated rings. The lowest BCUT2D eigenvalue weighted by Crippen LogP contribution is -2.52. The molecule has 0 radical (unpaired) electrons. The third kappa shape index (κ3) is 4.01. The smallest absolute Gasteiger partial charge is 0.243 e. The van der Waals surface area contributed by atoms with Crippen LogP contribution in [0.1, 0.15) is 18.3 Å². The summed E-state index contributed by atoms with van der Waals surface area (Å²) in [6.45, 7) is 8.09. The molecule has 27 heavy (non-hydrogen) atoms. The first kappa shape index (κ1) is 17.7. The second kappa shape index (κ2) is 7.50. The maximum atomic E-state index is 12.4. The van der Waals surface area contributed by atoms with Gasteiger partial charge in [0.15, 0.2) is 0 Å². The van der Waals surface area contributed by atoms with Crippen LogP contribution in [-0.2, 0) is 11.3 Å². The molecule has 4 heterocycles. The first-order valence-electron chi connectivity index (χ1n) is 9.22.